The molecule has 80 valence electrons. The van der Waals surface area contributed by atoms with Crippen molar-refractivity contribution < 1.29 is 0 Å². The summed E-state index contributed by atoms with van der Waals surface area (Å²) in [5.74, 6) is 0.812. The van der Waals surface area contributed by atoms with E-state index >= 15 is 0 Å². The molecule has 1 N–H and O–H groups in total. The van der Waals surface area contributed by atoms with Crippen LogP contribution in [0, 0.1) is 5.92 Å². The number of hydrogen-bond acceptors (Lipinski definition) is 2. The van der Waals surface area contributed by atoms with Crippen LogP contribution in [0.2, 0.25) is 0 Å². The standard InChI is InChI=1S/C11H21N3/c1-10(2)5-4-7-12-9-11-6-8-14(3)13-11/h6,8,10,12H,4-5,7,9H2,1-3H3. The Morgan fingerprint density at radius 1 is 1.50 bits per heavy atom. The Bertz CT molecular complexity index is 253. The molecule has 14 heavy (non-hydrogen) atoms. The fourth-order valence-corrected chi connectivity index (χ4v) is 1.41. The summed E-state index contributed by atoms with van der Waals surface area (Å²) >= 11 is 0. The van der Waals surface area contributed by atoms with Gasteiger partial charge in [-0.2, -0.15) is 5.10 Å². The first-order valence-electron chi connectivity index (χ1n) is 5.37. The normalized spacial score (nSPS) is 11.1. The van der Waals surface area contributed by atoms with Gasteiger partial charge in [0, 0.05) is 19.8 Å². The van der Waals surface area contributed by atoms with Crippen LogP contribution in [0.4, 0.5) is 0 Å². The largest absolute Gasteiger partial charge is 0.311 e. The molecule has 0 aliphatic rings. The zero-order chi connectivity index (χ0) is 10.4. The number of aryl methyl sites for hydroxylation is 1. The molecule has 0 aliphatic heterocycles. The van der Waals surface area contributed by atoms with Gasteiger partial charge in [-0.1, -0.05) is 13.8 Å². The molecule has 0 aliphatic carbocycles. The molecule has 0 spiro atoms. The van der Waals surface area contributed by atoms with E-state index in [-0.39, 0.29) is 0 Å². The summed E-state index contributed by atoms with van der Waals surface area (Å²) < 4.78 is 1.84. The lowest BCUT2D eigenvalue weighted by molar-refractivity contribution is 0.524. The van der Waals surface area contributed by atoms with E-state index in [1.807, 2.05) is 17.9 Å². The molecule has 0 atom stereocenters. The minimum atomic E-state index is 0.812. The second kappa shape index (κ2) is 5.81. The SMILES string of the molecule is CC(C)CCCNCc1ccn(C)n1. The Balaban J connectivity index is 2.04. The number of nitrogens with one attached hydrogen (secondary N) is 1. The summed E-state index contributed by atoms with van der Waals surface area (Å²) in [6.45, 7) is 6.51. The first-order valence-corrected chi connectivity index (χ1v) is 5.37. The quantitative estimate of drug-likeness (QED) is 0.703. The minimum Gasteiger partial charge on any atom is -0.311 e. The van der Waals surface area contributed by atoms with Crippen LogP contribution in [0.1, 0.15) is 32.4 Å². The van der Waals surface area contributed by atoms with Gasteiger partial charge in [-0.3, -0.25) is 4.68 Å². The van der Waals surface area contributed by atoms with Crippen molar-refractivity contribution in [1.29, 1.82) is 0 Å². The Hall–Kier alpha value is -0.830. The number of aromatic nitrogens is 2. The summed E-state index contributed by atoms with van der Waals surface area (Å²) in [4.78, 5) is 0. The predicted molar refractivity (Wildman–Crippen MR) is 59.0 cm³/mol. The van der Waals surface area contributed by atoms with Gasteiger partial charge in [-0.25, -0.2) is 0 Å². The number of rotatable bonds is 6. The maximum atomic E-state index is 4.30. The summed E-state index contributed by atoms with van der Waals surface area (Å²) in [6.07, 6.45) is 4.53. The van der Waals surface area contributed by atoms with Crippen LogP contribution in [0.5, 0.6) is 0 Å². The van der Waals surface area contributed by atoms with E-state index in [9.17, 15) is 0 Å². The van der Waals surface area contributed by atoms with Crippen molar-refractivity contribution in [3.8, 4) is 0 Å². The molecule has 0 bridgehead atoms. The van der Waals surface area contributed by atoms with Crippen LogP contribution in [0.25, 0.3) is 0 Å². The molecule has 0 fully saturated rings. The summed E-state index contributed by atoms with van der Waals surface area (Å²) in [5.41, 5.74) is 1.12. The molecule has 0 amide bonds. The molecule has 3 heteroatoms. The predicted octanol–water partition coefficient (Wildman–Crippen LogP) is 1.95. The van der Waals surface area contributed by atoms with E-state index in [1.165, 1.54) is 12.8 Å². The van der Waals surface area contributed by atoms with E-state index < -0.39 is 0 Å². The third kappa shape index (κ3) is 4.42. The molecule has 0 unspecified atom stereocenters. The lowest BCUT2D eigenvalue weighted by Crippen LogP contribution is -2.15. The van der Waals surface area contributed by atoms with Crippen LogP contribution >= 0.6 is 0 Å². The smallest absolute Gasteiger partial charge is 0.0762 e. The molecular weight excluding hydrogens is 174 g/mol. The molecule has 1 rings (SSSR count). The van der Waals surface area contributed by atoms with Gasteiger partial charge in [0.2, 0.25) is 0 Å². The van der Waals surface area contributed by atoms with Gasteiger partial charge in [-0.15, -0.1) is 0 Å². The maximum Gasteiger partial charge on any atom is 0.0762 e. The van der Waals surface area contributed by atoms with Crippen LogP contribution in [0.3, 0.4) is 0 Å². The van der Waals surface area contributed by atoms with Crippen LogP contribution in [0.15, 0.2) is 12.3 Å². The zero-order valence-electron chi connectivity index (χ0n) is 9.45. The molecule has 0 radical (unpaired) electrons. The third-order valence-electron chi connectivity index (χ3n) is 2.21. The van der Waals surface area contributed by atoms with E-state index in [0.717, 1.165) is 24.7 Å². The average Bonchev–Trinajstić information content (AvgIpc) is 2.50. The Kier molecular flexibility index (Phi) is 4.66. The van der Waals surface area contributed by atoms with Crippen molar-refractivity contribution in [2.45, 2.75) is 33.2 Å². The van der Waals surface area contributed by atoms with Gasteiger partial charge in [0.15, 0.2) is 0 Å². The maximum absolute atomic E-state index is 4.30. The molecule has 0 aromatic carbocycles. The first-order chi connectivity index (χ1) is 6.68. The van der Waals surface area contributed by atoms with Crippen molar-refractivity contribution in [1.82, 2.24) is 15.1 Å². The molecular formula is C11H21N3. The van der Waals surface area contributed by atoms with Gasteiger partial charge in [-0.05, 0) is 31.4 Å². The lowest BCUT2D eigenvalue weighted by Gasteiger charge is -2.04. The fraction of sp³-hybridized carbons (Fsp3) is 0.727. The summed E-state index contributed by atoms with van der Waals surface area (Å²) in [5, 5.41) is 7.69. The third-order valence-corrected chi connectivity index (χ3v) is 2.21. The lowest BCUT2D eigenvalue weighted by atomic mass is 10.1. The average molecular weight is 195 g/mol. The highest BCUT2D eigenvalue weighted by atomic mass is 15.3. The van der Waals surface area contributed by atoms with Gasteiger partial charge >= 0.3 is 0 Å². The monoisotopic (exact) mass is 195 g/mol. The molecule has 0 saturated heterocycles. The molecule has 3 nitrogen and oxygen atoms in total. The highest BCUT2D eigenvalue weighted by Gasteiger charge is 1.96. The highest BCUT2D eigenvalue weighted by Crippen LogP contribution is 2.02. The Morgan fingerprint density at radius 2 is 2.29 bits per heavy atom. The minimum absolute atomic E-state index is 0.812. The second-order valence-electron chi connectivity index (χ2n) is 4.19. The Morgan fingerprint density at radius 3 is 2.86 bits per heavy atom. The molecule has 1 aromatic rings. The number of nitrogens with zero attached hydrogens (tertiary/aromatic N) is 2. The van der Waals surface area contributed by atoms with E-state index in [4.69, 9.17) is 0 Å². The number of hydrogen-bond donors (Lipinski definition) is 1. The first kappa shape index (κ1) is 11.2. The van der Waals surface area contributed by atoms with E-state index in [0.29, 0.717) is 0 Å². The second-order valence-corrected chi connectivity index (χ2v) is 4.19. The molecule has 1 heterocycles. The van der Waals surface area contributed by atoms with Crippen molar-refractivity contribution in [3.05, 3.63) is 18.0 Å². The van der Waals surface area contributed by atoms with E-state index in [2.05, 4.69) is 30.3 Å². The highest BCUT2D eigenvalue weighted by molar-refractivity contribution is 4.97. The van der Waals surface area contributed by atoms with Gasteiger partial charge in [0.1, 0.15) is 0 Å². The summed E-state index contributed by atoms with van der Waals surface area (Å²) in [6, 6.07) is 2.05. The van der Waals surface area contributed by atoms with Gasteiger partial charge in [0.05, 0.1) is 5.69 Å². The van der Waals surface area contributed by atoms with Crippen molar-refractivity contribution in [2.24, 2.45) is 13.0 Å². The topological polar surface area (TPSA) is 29.9 Å². The van der Waals surface area contributed by atoms with Crippen LogP contribution < -0.4 is 5.32 Å². The fourth-order valence-electron chi connectivity index (χ4n) is 1.41. The summed E-state index contributed by atoms with van der Waals surface area (Å²) in [7, 11) is 1.95. The zero-order valence-corrected chi connectivity index (χ0v) is 9.45. The molecule has 0 saturated carbocycles. The van der Waals surface area contributed by atoms with Gasteiger partial charge < -0.3 is 5.32 Å². The van der Waals surface area contributed by atoms with Crippen molar-refractivity contribution in [2.75, 3.05) is 6.54 Å². The van der Waals surface area contributed by atoms with Crippen LogP contribution in [-0.2, 0) is 13.6 Å². The molecule has 1 aromatic heterocycles. The van der Waals surface area contributed by atoms with Crippen LogP contribution in [-0.4, -0.2) is 16.3 Å². The van der Waals surface area contributed by atoms with Crippen molar-refractivity contribution in [3.63, 3.8) is 0 Å². The van der Waals surface area contributed by atoms with Gasteiger partial charge in [0.25, 0.3) is 0 Å². The Labute approximate surface area is 86.5 Å². The van der Waals surface area contributed by atoms with Crippen molar-refractivity contribution >= 4 is 0 Å². The van der Waals surface area contributed by atoms with E-state index in [1.54, 1.807) is 0 Å².